The van der Waals surface area contributed by atoms with Crippen LogP contribution < -0.4 is 11.1 Å². The Hall–Kier alpha value is -1.52. The van der Waals surface area contributed by atoms with Gasteiger partial charge in [-0.25, -0.2) is 0 Å². The van der Waals surface area contributed by atoms with Crippen molar-refractivity contribution in [2.45, 2.75) is 58.5 Å². The molecule has 0 bridgehead atoms. The number of nitrogens with zero attached hydrogens (tertiary/aromatic N) is 2. The molecule has 2 rings (SSSR count). The third-order valence-corrected chi connectivity index (χ3v) is 3.81. The molecule has 0 saturated heterocycles. The monoisotopic (exact) mass is 250 g/mol. The lowest BCUT2D eigenvalue weighted by Crippen LogP contribution is -2.44. The van der Waals surface area contributed by atoms with Crippen molar-refractivity contribution in [1.29, 1.82) is 0 Å². The van der Waals surface area contributed by atoms with Gasteiger partial charge in [0.05, 0.1) is 11.4 Å². The number of amides is 1. The van der Waals surface area contributed by atoms with Gasteiger partial charge in [0.25, 0.3) is 5.91 Å². The average Bonchev–Trinajstić information content (AvgIpc) is 2.84. The van der Waals surface area contributed by atoms with Crippen LogP contribution in [0.2, 0.25) is 0 Å². The molecule has 0 unspecified atom stereocenters. The standard InChI is InChI=1S/C13H22N4O/c1-4-17-11(10(14)9(2)16-17)12(18)15-13(3)7-5-6-8-13/h4-8,14H2,1-3H3,(H,15,18). The van der Waals surface area contributed by atoms with Crippen LogP contribution in [0.1, 0.15) is 55.7 Å². The van der Waals surface area contributed by atoms with Crippen LogP contribution in [0.15, 0.2) is 0 Å². The highest BCUT2D eigenvalue weighted by molar-refractivity contribution is 5.98. The molecule has 1 saturated carbocycles. The minimum Gasteiger partial charge on any atom is -0.395 e. The van der Waals surface area contributed by atoms with E-state index in [1.54, 1.807) is 4.68 Å². The van der Waals surface area contributed by atoms with Crippen LogP contribution in [-0.4, -0.2) is 21.2 Å². The van der Waals surface area contributed by atoms with E-state index in [1.807, 2.05) is 13.8 Å². The van der Waals surface area contributed by atoms with Crippen molar-refractivity contribution >= 4 is 11.6 Å². The van der Waals surface area contributed by atoms with Gasteiger partial charge in [0.1, 0.15) is 5.69 Å². The normalized spacial score (nSPS) is 17.9. The van der Waals surface area contributed by atoms with Crippen LogP contribution >= 0.6 is 0 Å². The molecule has 0 aliphatic heterocycles. The summed E-state index contributed by atoms with van der Waals surface area (Å²) in [4.78, 5) is 12.4. The lowest BCUT2D eigenvalue weighted by atomic mass is 10.0. The Kier molecular flexibility index (Phi) is 3.32. The number of nitrogens with two attached hydrogens (primary N) is 1. The average molecular weight is 250 g/mol. The number of aryl methyl sites for hydroxylation is 2. The third kappa shape index (κ3) is 2.21. The second-order valence-corrected chi connectivity index (χ2v) is 5.39. The van der Waals surface area contributed by atoms with Crippen LogP contribution in [0.3, 0.4) is 0 Å². The van der Waals surface area contributed by atoms with Crippen molar-refractivity contribution < 1.29 is 4.79 Å². The molecule has 0 radical (unpaired) electrons. The maximum absolute atomic E-state index is 12.4. The Morgan fingerprint density at radius 1 is 1.50 bits per heavy atom. The second kappa shape index (κ2) is 4.63. The van der Waals surface area contributed by atoms with Crippen LogP contribution in [0.25, 0.3) is 0 Å². The summed E-state index contributed by atoms with van der Waals surface area (Å²) >= 11 is 0. The summed E-state index contributed by atoms with van der Waals surface area (Å²) < 4.78 is 1.68. The molecule has 0 aromatic carbocycles. The van der Waals surface area contributed by atoms with E-state index in [0.717, 1.165) is 18.5 Å². The van der Waals surface area contributed by atoms with E-state index in [9.17, 15) is 4.79 Å². The first-order valence-corrected chi connectivity index (χ1v) is 6.62. The fourth-order valence-corrected chi connectivity index (χ4v) is 2.68. The molecule has 1 amide bonds. The van der Waals surface area contributed by atoms with Crippen molar-refractivity contribution in [1.82, 2.24) is 15.1 Å². The van der Waals surface area contributed by atoms with Gasteiger partial charge in [0.2, 0.25) is 0 Å². The molecule has 5 nitrogen and oxygen atoms in total. The Morgan fingerprint density at radius 2 is 2.11 bits per heavy atom. The molecule has 3 N–H and O–H groups in total. The summed E-state index contributed by atoms with van der Waals surface area (Å²) in [5.41, 5.74) is 7.59. The lowest BCUT2D eigenvalue weighted by molar-refractivity contribution is 0.0898. The number of aromatic nitrogens is 2. The topological polar surface area (TPSA) is 72.9 Å². The molecular weight excluding hydrogens is 228 g/mol. The largest absolute Gasteiger partial charge is 0.395 e. The SMILES string of the molecule is CCn1nc(C)c(N)c1C(=O)NC1(C)CCCC1. The Morgan fingerprint density at radius 3 is 2.67 bits per heavy atom. The summed E-state index contributed by atoms with van der Waals surface area (Å²) in [7, 11) is 0. The van der Waals surface area contributed by atoms with Gasteiger partial charge < -0.3 is 11.1 Å². The highest BCUT2D eigenvalue weighted by Gasteiger charge is 2.32. The van der Waals surface area contributed by atoms with Gasteiger partial charge in [-0.15, -0.1) is 0 Å². The van der Waals surface area contributed by atoms with Gasteiger partial charge in [0, 0.05) is 12.1 Å². The minimum atomic E-state index is -0.0978. The summed E-state index contributed by atoms with van der Waals surface area (Å²) in [5.74, 6) is -0.0978. The van der Waals surface area contributed by atoms with E-state index >= 15 is 0 Å². The predicted molar refractivity (Wildman–Crippen MR) is 71.4 cm³/mol. The van der Waals surface area contributed by atoms with Crippen molar-refractivity contribution in [3.63, 3.8) is 0 Å². The summed E-state index contributed by atoms with van der Waals surface area (Å²) in [5, 5.41) is 7.40. The van der Waals surface area contributed by atoms with Crippen molar-refractivity contribution in [3.8, 4) is 0 Å². The number of carbonyl (C=O) groups excluding carboxylic acids is 1. The number of nitrogens with one attached hydrogen (secondary N) is 1. The van der Waals surface area contributed by atoms with Crippen LogP contribution in [-0.2, 0) is 6.54 Å². The number of nitrogen functional groups attached to an aromatic ring is 1. The van der Waals surface area contributed by atoms with E-state index in [-0.39, 0.29) is 11.4 Å². The molecule has 0 spiro atoms. The second-order valence-electron chi connectivity index (χ2n) is 5.39. The van der Waals surface area contributed by atoms with Gasteiger partial charge >= 0.3 is 0 Å². The fourth-order valence-electron chi connectivity index (χ4n) is 2.68. The molecule has 1 aromatic heterocycles. The third-order valence-electron chi connectivity index (χ3n) is 3.81. The summed E-state index contributed by atoms with van der Waals surface area (Å²) in [6.45, 7) is 6.54. The molecular formula is C13H22N4O. The van der Waals surface area contributed by atoms with Gasteiger partial charge in [0.15, 0.2) is 0 Å². The van der Waals surface area contributed by atoms with E-state index < -0.39 is 0 Å². The molecule has 1 fully saturated rings. The van der Waals surface area contributed by atoms with Gasteiger partial charge in [-0.2, -0.15) is 5.10 Å². The molecule has 18 heavy (non-hydrogen) atoms. The molecule has 0 atom stereocenters. The van der Waals surface area contributed by atoms with Gasteiger partial charge in [-0.3, -0.25) is 9.48 Å². The number of rotatable bonds is 3. The molecule has 1 aliphatic rings. The van der Waals surface area contributed by atoms with E-state index in [0.29, 0.717) is 17.9 Å². The maximum atomic E-state index is 12.4. The molecule has 1 aliphatic carbocycles. The predicted octanol–water partition coefficient (Wildman–Crippen LogP) is 1.86. The van der Waals surface area contributed by atoms with Crippen LogP contribution in [0.5, 0.6) is 0 Å². The zero-order valence-electron chi connectivity index (χ0n) is 11.4. The summed E-state index contributed by atoms with van der Waals surface area (Å²) in [6.07, 6.45) is 4.44. The quantitative estimate of drug-likeness (QED) is 0.860. The maximum Gasteiger partial charge on any atom is 0.272 e. The first-order chi connectivity index (χ1) is 8.47. The van der Waals surface area contributed by atoms with E-state index in [4.69, 9.17) is 5.73 Å². The Labute approximate surface area is 108 Å². The van der Waals surface area contributed by atoms with E-state index in [2.05, 4.69) is 17.3 Å². The Bertz CT molecular complexity index is 458. The summed E-state index contributed by atoms with van der Waals surface area (Å²) in [6, 6.07) is 0. The Balaban J connectivity index is 2.23. The van der Waals surface area contributed by atoms with Gasteiger partial charge in [-0.05, 0) is 33.6 Å². The molecule has 100 valence electrons. The molecule has 1 heterocycles. The number of anilines is 1. The van der Waals surface area contributed by atoms with E-state index in [1.165, 1.54) is 12.8 Å². The zero-order chi connectivity index (χ0) is 13.3. The number of hydrogen-bond acceptors (Lipinski definition) is 3. The highest BCUT2D eigenvalue weighted by atomic mass is 16.2. The smallest absolute Gasteiger partial charge is 0.272 e. The van der Waals surface area contributed by atoms with Crippen molar-refractivity contribution in [2.24, 2.45) is 0 Å². The van der Waals surface area contributed by atoms with Crippen molar-refractivity contribution in [2.75, 3.05) is 5.73 Å². The number of carbonyl (C=O) groups is 1. The minimum absolute atomic E-state index is 0.0831. The molecule has 5 heteroatoms. The first kappa shape index (κ1) is 12.9. The number of hydrogen-bond donors (Lipinski definition) is 2. The van der Waals surface area contributed by atoms with Crippen molar-refractivity contribution in [3.05, 3.63) is 11.4 Å². The van der Waals surface area contributed by atoms with Gasteiger partial charge in [-0.1, -0.05) is 12.8 Å². The highest BCUT2D eigenvalue weighted by Crippen LogP contribution is 2.29. The zero-order valence-corrected chi connectivity index (χ0v) is 11.4. The van der Waals surface area contributed by atoms with Crippen LogP contribution in [0, 0.1) is 6.92 Å². The molecule has 1 aromatic rings. The fraction of sp³-hybridized carbons (Fsp3) is 0.692. The lowest BCUT2D eigenvalue weighted by Gasteiger charge is -2.25. The van der Waals surface area contributed by atoms with Crippen LogP contribution in [0.4, 0.5) is 5.69 Å². The first-order valence-electron chi connectivity index (χ1n) is 6.62.